The maximum Gasteiger partial charge on any atom is 0.0542 e. The molecule has 2 heterocycles. The van der Waals surface area contributed by atoms with Gasteiger partial charge in [-0.2, -0.15) is 0 Å². The molecule has 4 nitrogen and oxygen atoms in total. The van der Waals surface area contributed by atoms with Crippen molar-refractivity contribution in [2.24, 2.45) is 0 Å². The Labute approximate surface area is 499 Å². The fraction of sp³-hybridized carbons (Fsp3) is 0. The van der Waals surface area contributed by atoms with Crippen LogP contribution in [0.5, 0.6) is 0 Å². The van der Waals surface area contributed by atoms with Crippen molar-refractivity contribution in [1.29, 1.82) is 0 Å². The van der Waals surface area contributed by atoms with Gasteiger partial charge in [0, 0.05) is 67.0 Å². The third-order valence-corrected chi connectivity index (χ3v) is 17.0. The van der Waals surface area contributed by atoms with Crippen LogP contribution in [0.1, 0.15) is 11.1 Å². The van der Waals surface area contributed by atoms with E-state index in [-0.39, 0.29) is 0 Å². The van der Waals surface area contributed by atoms with Gasteiger partial charge in [0.1, 0.15) is 0 Å². The van der Waals surface area contributed by atoms with Gasteiger partial charge in [0.25, 0.3) is 0 Å². The van der Waals surface area contributed by atoms with Crippen LogP contribution >= 0.6 is 0 Å². The molecule has 2 aromatic heterocycles. The zero-order valence-corrected chi connectivity index (χ0v) is 47.1. The monoisotopic (exact) mass is 1100 g/mol. The van der Waals surface area contributed by atoms with Crippen LogP contribution in [0.3, 0.4) is 0 Å². The third-order valence-electron chi connectivity index (χ3n) is 17.0. The van der Waals surface area contributed by atoms with Crippen molar-refractivity contribution in [2.45, 2.75) is 0 Å². The molecule has 0 saturated carbocycles. The number of aromatic nitrogens is 2. The minimum atomic E-state index is 1.08. The molecule has 86 heavy (non-hydrogen) atoms. The Balaban J connectivity index is 0.731. The molecule has 0 atom stereocenters. The fourth-order valence-corrected chi connectivity index (χ4v) is 13.0. The first-order valence-corrected chi connectivity index (χ1v) is 29.5. The molecule has 404 valence electrons. The van der Waals surface area contributed by atoms with Crippen LogP contribution in [0.4, 0.5) is 34.1 Å². The van der Waals surface area contributed by atoms with E-state index in [2.05, 4.69) is 359 Å². The van der Waals surface area contributed by atoms with E-state index in [0.29, 0.717) is 0 Å². The Kier molecular flexibility index (Phi) is 12.5. The summed E-state index contributed by atoms with van der Waals surface area (Å²) in [6.45, 7) is 0. The molecule has 0 unspecified atom stereocenters. The second kappa shape index (κ2) is 21.4. The van der Waals surface area contributed by atoms with Crippen LogP contribution in [-0.2, 0) is 0 Å². The molecule has 0 amide bonds. The molecule has 0 aliphatic carbocycles. The van der Waals surface area contributed by atoms with E-state index in [0.717, 1.165) is 67.7 Å². The Hall–Kier alpha value is -11.5. The smallest absolute Gasteiger partial charge is 0.0542 e. The van der Waals surface area contributed by atoms with E-state index in [9.17, 15) is 0 Å². The fourth-order valence-electron chi connectivity index (χ4n) is 13.0. The number of hydrogen-bond acceptors (Lipinski definition) is 2. The number of rotatable bonds is 12. The summed E-state index contributed by atoms with van der Waals surface area (Å²) in [6.07, 6.45) is 4.42. The molecular formula is C82H56N4. The summed E-state index contributed by atoms with van der Waals surface area (Å²) in [5.74, 6) is 0. The second-order valence-corrected chi connectivity index (χ2v) is 22.1. The van der Waals surface area contributed by atoms with Crippen molar-refractivity contribution in [3.05, 3.63) is 339 Å². The van der Waals surface area contributed by atoms with Crippen LogP contribution in [0.15, 0.2) is 328 Å². The Morgan fingerprint density at radius 3 is 0.942 bits per heavy atom. The van der Waals surface area contributed by atoms with Gasteiger partial charge < -0.3 is 18.9 Å². The molecule has 0 saturated heterocycles. The molecule has 16 rings (SSSR count). The van der Waals surface area contributed by atoms with Gasteiger partial charge in [-0.05, 0) is 188 Å². The van der Waals surface area contributed by atoms with E-state index in [1.165, 1.54) is 76.4 Å². The summed E-state index contributed by atoms with van der Waals surface area (Å²) in [5.41, 5.74) is 20.6. The highest BCUT2D eigenvalue weighted by molar-refractivity contribution is 6.14. The van der Waals surface area contributed by atoms with Crippen molar-refractivity contribution < 1.29 is 0 Å². The number of anilines is 6. The number of hydrogen-bond donors (Lipinski definition) is 0. The van der Waals surface area contributed by atoms with Crippen LogP contribution < -0.4 is 9.80 Å². The van der Waals surface area contributed by atoms with Crippen LogP contribution in [0.25, 0.3) is 111 Å². The third kappa shape index (κ3) is 8.96. The molecule has 0 aliphatic heterocycles. The summed E-state index contributed by atoms with van der Waals surface area (Å²) >= 11 is 0. The molecule has 16 aromatic rings. The normalized spacial score (nSPS) is 11.7. The first-order chi connectivity index (χ1) is 42.6. The summed E-state index contributed by atoms with van der Waals surface area (Å²) in [4.78, 5) is 4.74. The van der Waals surface area contributed by atoms with E-state index in [4.69, 9.17) is 0 Å². The zero-order valence-electron chi connectivity index (χ0n) is 47.1. The van der Waals surface area contributed by atoms with E-state index < -0.39 is 0 Å². The highest BCUT2D eigenvalue weighted by atomic mass is 15.1. The lowest BCUT2D eigenvalue weighted by molar-refractivity contribution is 1.18. The van der Waals surface area contributed by atoms with Gasteiger partial charge in [-0.3, -0.25) is 0 Å². The van der Waals surface area contributed by atoms with Gasteiger partial charge in [-0.15, -0.1) is 0 Å². The van der Waals surface area contributed by atoms with Crippen LogP contribution in [-0.4, -0.2) is 9.13 Å². The average Bonchev–Trinajstić information content (AvgIpc) is 1.91. The summed E-state index contributed by atoms with van der Waals surface area (Å²) < 4.78 is 4.80. The predicted octanol–water partition coefficient (Wildman–Crippen LogP) is 22.6. The highest BCUT2D eigenvalue weighted by Gasteiger charge is 2.21. The van der Waals surface area contributed by atoms with Gasteiger partial charge in [0.15, 0.2) is 0 Å². The van der Waals surface area contributed by atoms with Gasteiger partial charge in [-0.1, -0.05) is 206 Å². The first-order valence-electron chi connectivity index (χ1n) is 29.5. The predicted molar refractivity (Wildman–Crippen MR) is 366 cm³/mol. The molecular weight excluding hydrogens is 1040 g/mol. The number of fused-ring (bicyclic) bond motifs is 8. The standard InChI is InChI=1S/C82H56N4/c1-5-23-63(24-6-1)83(69-47-51-81-77(55-69)75-53-61(73-33-17-21-59-19-13-15-31-71(59)73)41-49-79(75)85(81)65-27-9-3-10-28-65)67-43-37-57(38-44-67)35-36-58-39-45-68(46-40-58)84(64-25-7-2-8-26-64)70-48-52-82-78(56-70)76-54-62(74-34-18-22-60-20-14-16-32-72(60)74)42-50-80(76)86(82)66-29-11-4-12-30-66/h1-56H. The molecule has 0 aliphatic rings. The van der Waals surface area contributed by atoms with Gasteiger partial charge in [0.05, 0.1) is 22.1 Å². The molecule has 0 fully saturated rings. The lowest BCUT2D eigenvalue weighted by atomic mass is 9.97. The van der Waals surface area contributed by atoms with Crippen LogP contribution in [0, 0.1) is 0 Å². The van der Waals surface area contributed by atoms with Gasteiger partial charge >= 0.3 is 0 Å². The summed E-state index contributed by atoms with van der Waals surface area (Å²) in [5, 5.41) is 9.79. The van der Waals surface area contributed by atoms with Crippen molar-refractivity contribution in [2.75, 3.05) is 9.80 Å². The van der Waals surface area contributed by atoms with E-state index in [1.807, 2.05) is 0 Å². The Morgan fingerprint density at radius 1 is 0.221 bits per heavy atom. The molecule has 0 N–H and O–H groups in total. The maximum atomic E-state index is 2.40. The molecule has 14 aromatic carbocycles. The Morgan fingerprint density at radius 2 is 0.535 bits per heavy atom. The maximum absolute atomic E-state index is 2.40. The lowest BCUT2D eigenvalue weighted by Crippen LogP contribution is -2.09. The summed E-state index contributed by atoms with van der Waals surface area (Å²) in [7, 11) is 0. The Bertz CT molecular complexity index is 4860. The second-order valence-electron chi connectivity index (χ2n) is 22.1. The first kappa shape index (κ1) is 50.3. The molecule has 4 heteroatoms. The lowest BCUT2D eigenvalue weighted by Gasteiger charge is -2.26. The zero-order chi connectivity index (χ0) is 56.9. The number of nitrogens with zero attached hydrogens (tertiary/aromatic N) is 4. The van der Waals surface area contributed by atoms with Crippen molar-refractivity contribution in [3.63, 3.8) is 0 Å². The van der Waals surface area contributed by atoms with Gasteiger partial charge in [0.2, 0.25) is 0 Å². The van der Waals surface area contributed by atoms with E-state index >= 15 is 0 Å². The van der Waals surface area contributed by atoms with Gasteiger partial charge in [-0.25, -0.2) is 0 Å². The topological polar surface area (TPSA) is 16.3 Å². The molecule has 0 spiro atoms. The SMILES string of the molecule is C(=Cc1ccc(N(c2ccccc2)c2ccc3c(c2)c2cc(-c4cccc5ccccc45)ccc2n3-c2ccccc2)cc1)c1ccc(N(c2ccccc2)c2ccc3c(c2)c2cc(-c4cccc5ccccc45)ccc2n3-c2ccccc2)cc1. The minimum Gasteiger partial charge on any atom is -0.310 e. The van der Waals surface area contributed by atoms with Crippen molar-refractivity contribution >= 4 is 111 Å². The van der Waals surface area contributed by atoms with Crippen LogP contribution in [0.2, 0.25) is 0 Å². The van der Waals surface area contributed by atoms with E-state index in [1.54, 1.807) is 0 Å². The number of benzene rings is 14. The molecule has 0 radical (unpaired) electrons. The highest BCUT2D eigenvalue weighted by Crippen LogP contribution is 2.44. The summed E-state index contributed by atoms with van der Waals surface area (Å²) in [6, 6.07) is 119. The average molecular weight is 1100 g/mol. The number of para-hydroxylation sites is 4. The quantitative estimate of drug-likeness (QED) is 0.113. The minimum absolute atomic E-state index is 1.08. The van der Waals surface area contributed by atoms with Crippen molar-refractivity contribution in [3.8, 4) is 33.6 Å². The largest absolute Gasteiger partial charge is 0.310 e. The molecule has 0 bridgehead atoms. The van der Waals surface area contributed by atoms with Crippen molar-refractivity contribution in [1.82, 2.24) is 9.13 Å².